The molecule has 0 unspecified atom stereocenters. The minimum Gasteiger partial charge on any atom is -0.476 e. The Morgan fingerprint density at radius 3 is 2.88 bits per heavy atom. The van der Waals surface area contributed by atoms with Crippen molar-refractivity contribution in [1.29, 1.82) is 0 Å². The maximum Gasteiger partial charge on any atom is 0.357 e. The second-order valence-electron chi connectivity index (χ2n) is 3.92. The van der Waals surface area contributed by atoms with E-state index < -0.39 is 5.97 Å². The summed E-state index contributed by atoms with van der Waals surface area (Å²) in [6.45, 7) is 2.04. The predicted octanol–water partition coefficient (Wildman–Crippen LogP) is 2.47. The summed E-state index contributed by atoms with van der Waals surface area (Å²) in [6.07, 6.45) is 2.58. The number of aromatic nitrogens is 1. The van der Waals surface area contributed by atoms with Crippen LogP contribution in [0, 0.1) is 6.92 Å². The predicted molar refractivity (Wildman–Crippen MR) is 62.0 cm³/mol. The Morgan fingerprint density at radius 1 is 1.41 bits per heavy atom. The Bertz CT molecular complexity index is 531. The molecule has 0 bridgehead atoms. The first-order valence-electron chi connectivity index (χ1n) is 5.38. The minimum atomic E-state index is -1.06. The molecule has 1 aromatic carbocycles. The molecular formula is C13H13NO3. The summed E-state index contributed by atoms with van der Waals surface area (Å²) in [5, 5.41) is 8.70. The van der Waals surface area contributed by atoms with Crippen LogP contribution >= 0.6 is 0 Å². The molecule has 0 aliphatic carbocycles. The minimum absolute atomic E-state index is 0.0377. The van der Waals surface area contributed by atoms with E-state index >= 15 is 0 Å². The van der Waals surface area contributed by atoms with E-state index in [0.29, 0.717) is 12.3 Å². The average Bonchev–Trinajstić information content (AvgIpc) is 2.75. The Hall–Kier alpha value is -2.10. The van der Waals surface area contributed by atoms with Crippen LogP contribution in [0.4, 0.5) is 0 Å². The van der Waals surface area contributed by atoms with E-state index in [4.69, 9.17) is 9.52 Å². The highest BCUT2D eigenvalue weighted by Crippen LogP contribution is 2.09. The lowest BCUT2D eigenvalue weighted by Crippen LogP contribution is -1.97. The summed E-state index contributed by atoms with van der Waals surface area (Å²) in [4.78, 5) is 14.5. The first kappa shape index (κ1) is 11.4. The van der Waals surface area contributed by atoms with Crippen LogP contribution in [0.15, 0.2) is 34.9 Å². The third kappa shape index (κ3) is 2.93. The summed E-state index contributed by atoms with van der Waals surface area (Å²) >= 11 is 0. The molecule has 4 nitrogen and oxygen atoms in total. The van der Waals surface area contributed by atoms with Gasteiger partial charge in [0.05, 0.1) is 0 Å². The van der Waals surface area contributed by atoms with Gasteiger partial charge in [-0.05, 0) is 18.9 Å². The van der Waals surface area contributed by atoms with Crippen molar-refractivity contribution >= 4 is 5.97 Å². The molecule has 88 valence electrons. The standard InChI is InChI=1S/C13H13NO3/c1-9-3-2-4-10(7-9)5-6-12-14-11(8-17-12)13(15)16/h2-4,7-8H,5-6H2,1H3,(H,15,16). The lowest BCUT2D eigenvalue weighted by Gasteiger charge is -1.99. The van der Waals surface area contributed by atoms with Gasteiger partial charge < -0.3 is 9.52 Å². The first-order valence-corrected chi connectivity index (χ1v) is 5.38. The highest BCUT2D eigenvalue weighted by atomic mass is 16.4. The molecule has 1 heterocycles. The number of nitrogens with zero attached hydrogens (tertiary/aromatic N) is 1. The Balaban J connectivity index is 2.00. The molecule has 0 saturated carbocycles. The number of carboxylic acid groups (broad SMARTS) is 1. The molecule has 2 rings (SSSR count). The van der Waals surface area contributed by atoms with E-state index in [1.807, 2.05) is 25.1 Å². The van der Waals surface area contributed by atoms with E-state index in [9.17, 15) is 4.79 Å². The fourth-order valence-corrected chi connectivity index (χ4v) is 1.64. The van der Waals surface area contributed by atoms with Gasteiger partial charge in [0.15, 0.2) is 11.6 Å². The van der Waals surface area contributed by atoms with Crippen molar-refractivity contribution in [2.45, 2.75) is 19.8 Å². The van der Waals surface area contributed by atoms with Crippen LogP contribution in [-0.2, 0) is 12.8 Å². The molecule has 0 atom stereocenters. The topological polar surface area (TPSA) is 63.3 Å². The Kier molecular flexibility index (Phi) is 3.23. The summed E-state index contributed by atoms with van der Waals surface area (Å²) in [7, 11) is 0. The average molecular weight is 231 g/mol. The smallest absolute Gasteiger partial charge is 0.357 e. The summed E-state index contributed by atoms with van der Waals surface area (Å²) in [5.41, 5.74) is 2.37. The number of benzene rings is 1. The lowest BCUT2D eigenvalue weighted by molar-refractivity contribution is 0.0690. The Morgan fingerprint density at radius 2 is 2.24 bits per heavy atom. The Labute approximate surface area is 98.9 Å². The maximum absolute atomic E-state index is 10.6. The number of oxazole rings is 1. The largest absolute Gasteiger partial charge is 0.476 e. The second kappa shape index (κ2) is 4.82. The number of hydrogen-bond donors (Lipinski definition) is 1. The lowest BCUT2D eigenvalue weighted by atomic mass is 10.1. The van der Waals surface area contributed by atoms with Gasteiger partial charge in [-0.3, -0.25) is 0 Å². The second-order valence-corrected chi connectivity index (χ2v) is 3.92. The van der Waals surface area contributed by atoms with Crippen molar-refractivity contribution < 1.29 is 14.3 Å². The van der Waals surface area contributed by atoms with Gasteiger partial charge in [-0.1, -0.05) is 29.8 Å². The zero-order valence-corrected chi connectivity index (χ0v) is 9.51. The molecule has 1 aromatic heterocycles. The zero-order valence-electron chi connectivity index (χ0n) is 9.51. The van der Waals surface area contributed by atoms with Gasteiger partial charge in [0, 0.05) is 6.42 Å². The van der Waals surface area contributed by atoms with Gasteiger partial charge in [-0.25, -0.2) is 9.78 Å². The number of aryl methyl sites for hydroxylation is 3. The van der Waals surface area contributed by atoms with E-state index in [2.05, 4.69) is 11.1 Å². The van der Waals surface area contributed by atoms with Crippen LogP contribution in [-0.4, -0.2) is 16.1 Å². The highest BCUT2D eigenvalue weighted by molar-refractivity contribution is 5.84. The molecule has 0 amide bonds. The fraction of sp³-hybridized carbons (Fsp3) is 0.231. The number of carbonyl (C=O) groups is 1. The molecule has 0 aliphatic heterocycles. The third-order valence-corrected chi connectivity index (χ3v) is 2.48. The van der Waals surface area contributed by atoms with E-state index in [-0.39, 0.29) is 5.69 Å². The monoisotopic (exact) mass is 231 g/mol. The molecular weight excluding hydrogens is 218 g/mol. The molecule has 0 spiro atoms. The third-order valence-electron chi connectivity index (χ3n) is 2.48. The van der Waals surface area contributed by atoms with Crippen molar-refractivity contribution in [2.24, 2.45) is 0 Å². The molecule has 0 saturated heterocycles. The zero-order chi connectivity index (χ0) is 12.3. The summed E-state index contributed by atoms with van der Waals surface area (Å²) in [5.74, 6) is -0.598. The highest BCUT2D eigenvalue weighted by Gasteiger charge is 2.09. The molecule has 17 heavy (non-hydrogen) atoms. The summed E-state index contributed by atoms with van der Waals surface area (Å²) in [6, 6.07) is 8.18. The summed E-state index contributed by atoms with van der Waals surface area (Å²) < 4.78 is 5.09. The van der Waals surface area contributed by atoms with E-state index in [1.54, 1.807) is 0 Å². The van der Waals surface area contributed by atoms with Crippen molar-refractivity contribution in [1.82, 2.24) is 4.98 Å². The molecule has 0 radical (unpaired) electrons. The van der Waals surface area contributed by atoms with Gasteiger partial charge in [-0.15, -0.1) is 0 Å². The van der Waals surface area contributed by atoms with Gasteiger partial charge in [0.1, 0.15) is 6.26 Å². The van der Waals surface area contributed by atoms with Crippen molar-refractivity contribution in [3.8, 4) is 0 Å². The van der Waals surface area contributed by atoms with Gasteiger partial charge in [-0.2, -0.15) is 0 Å². The fourth-order valence-electron chi connectivity index (χ4n) is 1.64. The van der Waals surface area contributed by atoms with Crippen LogP contribution in [0.1, 0.15) is 27.5 Å². The van der Waals surface area contributed by atoms with Gasteiger partial charge >= 0.3 is 5.97 Å². The number of rotatable bonds is 4. The van der Waals surface area contributed by atoms with Crippen LogP contribution in [0.3, 0.4) is 0 Å². The van der Waals surface area contributed by atoms with Crippen molar-refractivity contribution in [3.63, 3.8) is 0 Å². The molecule has 0 aliphatic rings. The number of aromatic carboxylic acids is 1. The van der Waals surface area contributed by atoms with Crippen molar-refractivity contribution in [3.05, 3.63) is 53.2 Å². The first-order chi connectivity index (χ1) is 8.15. The molecule has 0 fully saturated rings. The molecule has 2 aromatic rings. The van der Waals surface area contributed by atoms with Gasteiger partial charge in [0.25, 0.3) is 0 Å². The normalized spacial score (nSPS) is 10.4. The van der Waals surface area contributed by atoms with Crippen LogP contribution in [0.25, 0.3) is 0 Å². The quantitative estimate of drug-likeness (QED) is 0.877. The van der Waals surface area contributed by atoms with Gasteiger partial charge in [0.2, 0.25) is 0 Å². The number of hydrogen-bond acceptors (Lipinski definition) is 3. The van der Waals surface area contributed by atoms with E-state index in [0.717, 1.165) is 6.42 Å². The van der Waals surface area contributed by atoms with Crippen LogP contribution in [0.5, 0.6) is 0 Å². The van der Waals surface area contributed by atoms with E-state index in [1.165, 1.54) is 17.4 Å². The van der Waals surface area contributed by atoms with Crippen LogP contribution in [0.2, 0.25) is 0 Å². The van der Waals surface area contributed by atoms with Crippen LogP contribution < -0.4 is 0 Å². The number of carboxylic acids is 1. The molecule has 4 heteroatoms. The SMILES string of the molecule is Cc1cccc(CCc2nc(C(=O)O)co2)c1. The maximum atomic E-state index is 10.6. The van der Waals surface area contributed by atoms with Crippen molar-refractivity contribution in [2.75, 3.05) is 0 Å². The molecule has 1 N–H and O–H groups in total.